The van der Waals surface area contributed by atoms with E-state index in [1.807, 2.05) is 32.0 Å². The van der Waals surface area contributed by atoms with Crippen molar-refractivity contribution in [2.45, 2.75) is 64.6 Å². The molecule has 41 heavy (non-hydrogen) atoms. The number of nitrogens with two attached hydrogens (primary N) is 1. The van der Waals surface area contributed by atoms with Gasteiger partial charge in [0.05, 0.1) is 19.3 Å². The fraction of sp³-hybridized carbons (Fsp3) is 0.536. The SMILES string of the molecule is CCCN(CCC)S(=O)(=O)CCC(=O)O[C@H](CNCc1cccc(OC)c1)[C@@H](N)Cc1cccc(OC(F)(F)F)c1. The number of benzene rings is 2. The van der Waals surface area contributed by atoms with Crippen LogP contribution in [0.1, 0.15) is 44.2 Å². The summed E-state index contributed by atoms with van der Waals surface area (Å²) in [6, 6.07) is 11.9. The number of carbonyl (C=O) groups excluding carboxylic acids is 1. The number of nitrogens with zero attached hydrogens (tertiary/aromatic N) is 1. The van der Waals surface area contributed by atoms with E-state index in [4.69, 9.17) is 15.2 Å². The van der Waals surface area contributed by atoms with E-state index in [0.29, 0.717) is 43.8 Å². The van der Waals surface area contributed by atoms with Crippen molar-refractivity contribution in [2.24, 2.45) is 5.73 Å². The number of hydrogen-bond donors (Lipinski definition) is 2. The summed E-state index contributed by atoms with van der Waals surface area (Å²) in [6.07, 6.45) is -4.73. The fourth-order valence-corrected chi connectivity index (χ4v) is 5.76. The molecule has 0 saturated heterocycles. The molecule has 9 nitrogen and oxygen atoms in total. The number of rotatable bonds is 18. The van der Waals surface area contributed by atoms with Gasteiger partial charge < -0.3 is 25.3 Å². The van der Waals surface area contributed by atoms with Crippen molar-refractivity contribution in [3.63, 3.8) is 0 Å². The second-order valence-corrected chi connectivity index (χ2v) is 11.6. The highest BCUT2D eigenvalue weighted by molar-refractivity contribution is 7.89. The highest BCUT2D eigenvalue weighted by Crippen LogP contribution is 2.24. The molecular formula is C28H40F3N3O6S. The Labute approximate surface area is 240 Å². The van der Waals surface area contributed by atoms with Crippen LogP contribution in [-0.2, 0) is 32.5 Å². The van der Waals surface area contributed by atoms with Crippen molar-refractivity contribution in [3.05, 3.63) is 59.7 Å². The summed E-state index contributed by atoms with van der Waals surface area (Å²) in [7, 11) is -2.10. The number of carbonyl (C=O) groups is 1. The van der Waals surface area contributed by atoms with Gasteiger partial charge >= 0.3 is 12.3 Å². The average Bonchev–Trinajstić information content (AvgIpc) is 2.90. The van der Waals surface area contributed by atoms with Crippen LogP contribution in [-0.4, -0.2) is 69.7 Å². The first-order valence-electron chi connectivity index (χ1n) is 13.5. The minimum atomic E-state index is -4.84. The highest BCUT2D eigenvalue weighted by atomic mass is 32.2. The minimum absolute atomic E-state index is 0.0763. The smallest absolute Gasteiger partial charge is 0.497 e. The molecule has 0 aliphatic carbocycles. The molecule has 230 valence electrons. The van der Waals surface area contributed by atoms with Crippen molar-refractivity contribution < 1.29 is 40.6 Å². The number of nitrogens with one attached hydrogen (secondary N) is 1. The van der Waals surface area contributed by atoms with E-state index in [1.54, 1.807) is 19.2 Å². The van der Waals surface area contributed by atoms with Gasteiger partial charge in [0.25, 0.3) is 0 Å². The summed E-state index contributed by atoms with van der Waals surface area (Å²) in [5.41, 5.74) is 7.73. The lowest BCUT2D eigenvalue weighted by Gasteiger charge is -2.25. The van der Waals surface area contributed by atoms with Crippen LogP contribution in [0.2, 0.25) is 0 Å². The number of esters is 1. The van der Waals surface area contributed by atoms with Crippen LogP contribution in [0.5, 0.6) is 11.5 Å². The quantitative estimate of drug-likeness (QED) is 0.246. The Morgan fingerprint density at radius 2 is 1.63 bits per heavy atom. The predicted octanol–water partition coefficient (Wildman–Crippen LogP) is 4.01. The lowest BCUT2D eigenvalue weighted by atomic mass is 10.0. The molecule has 0 spiro atoms. The molecule has 0 aliphatic rings. The van der Waals surface area contributed by atoms with E-state index < -0.39 is 40.3 Å². The highest BCUT2D eigenvalue weighted by Gasteiger charge is 2.31. The molecule has 2 aromatic rings. The first-order chi connectivity index (χ1) is 19.4. The van der Waals surface area contributed by atoms with Gasteiger partial charge in [0.15, 0.2) is 0 Å². The zero-order valence-corrected chi connectivity index (χ0v) is 24.5. The Kier molecular flexibility index (Phi) is 13.9. The normalized spacial score (nSPS) is 13.6. The third kappa shape index (κ3) is 12.7. The standard InChI is InChI=1S/C28H40F3N3O6S/c1-4-13-34(14-5-2)41(36,37)15-12-27(35)39-26(20-33-19-22-9-7-10-23(17-22)38-3)25(32)18-21-8-6-11-24(16-21)40-28(29,30)31/h6-11,16-17,25-26,33H,4-5,12-15,18-20,32H2,1-3H3/t25-,26+/m0/s1. The summed E-state index contributed by atoms with van der Waals surface area (Å²) in [5, 5.41) is 3.18. The molecule has 2 atom stereocenters. The number of ether oxygens (including phenoxy) is 3. The molecule has 0 amide bonds. The van der Waals surface area contributed by atoms with Crippen molar-refractivity contribution >= 4 is 16.0 Å². The van der Waals surface area contributed by atoms with E-state index in [1.165, 1.54) is 22.5 Å². The van der Waals surface area contributed by atoms with E-state index >= 15 is 0 Å². The fourth-order valence-electron chi connectivity index (χ4n) is 4.15. The first kappa shape index (κ1) is 34.3. The van der Waals surface area contributed by atoms with Crippen LogP contribution < -0.4 is 20.5 Å². The van der Waals surface area contributed by atoms with Gasteiger partial charge in [-0.05, 0) is 54.7 Å². The van der Waals surface area contributed by atoms with E-state index in [0.717, 1.165) is 5.56 Å². The summed E-state index contributed by atoms with van der Waals surface area (Å²) in [5.74, 6) is -0.853. The van der Waals surface area contributed by atoms with Gasteiger partial charge in [-0.15, -0.1) is 13.2 Å². The minimum Gasteiger partial charge on any atom is -0.497 e. The Bertz CT molecular complexity index is 1190. The van der Waals surface area contributed by atoms with Gasteiger partial charge in [0.1, 0.15) is 17.6 Å². The van der Waals surface area contributed by atoms with E-state index in [9.17, 15) is 26.4 Å². The molecule has 3 N–H and O–H groups in total. The average molecular weight is 604 g/mol. The number of methoxy groups -OCH3 is 1. The number of hydrogen-bond acceptors (Lipinski definition) is 8. The topological polar surface area (TPSA) is 120 Å². The maximum absolute atomic E-state index is 12.8. The van der Waals surface area contributed by atoms with Gasteiger partial charge in [0, 0.05) is 32.2 Å². The molecule has 0 heterocycles. The Morgan fingerprint density at radius 3 is 2.24 bits per heavy atom. The molecule has 2 rings (SSSR count). The maximum Gasteiger partial charge on any atom is 0.573 e. The third-order valence-electron chi connectivity index (χ3n) is 6.08. The summed E-state index contributed by atoms with van der Waals surface area (Å²) < 4.78 is 79.7. The lowest BCUT2D eigenvalue weighted by Crippen LogP contribution is -2.46. The second-order valence-electron chi connectivity index (χ2n) is 9.54. The Hall–Kier alpha value is -2.87. The zero-order chi connectivity index (χ0) is 30.5. The molecular weight excluding hydrogens is 563 g/mol. The zero-order valence-electron chi connectivity index (χ0n) is 23.7. The molecule has 0 aliphatic heterocycles. The number of sulfonamides is 1. The number of alkyl halides is 3. The van der Waals surface area contributed by atoms with E-state index in [-0.39, 0.29) is 25.1 Å². The van der Waals surface area contributed by atoms with Crippen LogP contribution >= 0.6 is 0 Å². The number of halogens is 3. The molecule has 0 unspecified atom stereocenters. The lowest BCUT2D eigenvalue weighted by molar-refractivity contribution is -0.274. The molecule has 13 heteroatoms. The van der Waals surface area contributed by atoms with E-state index in [2.05, 4.69) is 10.1 Å². The van der Waals surface area contributed by atoms with Gasteiger partial charge in [-0.3, -0.25) is 4.79 Å². The summed E-state index contributed by atoms with van der Waals surface area (Å²) in [4.78, 5) is 12.8. The molecule has 2 aromatic carbocycles. The Morgan fingerprint density at radius 1 is 1.02 bits per heavy atom. The van der Waals surface area contributed by atoms with Gasteiger partial charge in [0.2, 0.25) is 10.0 Å². The van der Waals surface area contributed by atoms with Crippen LogP contribution in [0.15, 0.2) is 48.5 Å². The van der Waals surface area contributed by atoms with Gasteiger partial charge in [-0.2, -0.15) is 0 Å². The van der Waals surface area contributed by atoms with Crippen molar-refractivity contribution in [3.8, 4) is 11.5 Å². The van der Waals surface area contributed by atoms with Crippen LogP contribution in [0.3, 0.4) is 0 Å². The van der Waals surface area contributed by atoms with Crippen LogP contribution in [0.25, 0.3) is 0 Å². The van der Waals surface area contributed by atoms with Crippen LogP contribution in [0, 0.1) is 0 Å². The molecule has 0 saturated carbocycles. The molecule has 0 aromatic heterocycles. The van der Waals surface area contributed by atoms with Crippen molar-refractivity contribution in [2.75, 3.05) is 32.5 Å². The summed E-state index contributed by atoms with van der Waals surface area (Å²) >= 11 is 0. The van der Waals surface area contributed by atoms with Crippen molar-refractivity contribution in [1.29, 1.82) is 0 Å². The summed E-state index contributed by atoms with van der Waals surface area (Å²) in [6.45, 7) is 5.00. The second kappa shape index (κ2) is 16.5. The third-order valence-corrected chi connectivity index (χ3v) is 7.95. The monoisotopic (exact) mass is 603 g/mol. The first-order valence-corrected chi connectivity index (χ1v) is 15.1. The molecule has 0 fully saturated rings. The van der Waals surface area contributed by atoms with Gasteiger partial charge in [-0.25, -0.2) is 12.7 Å². The molecule has 0 bridgehead atoms. The largest absolute Gasteiger partial charge is 0.573 e. The van der Waals surface area contributed by atoms with Gasteiger partial charge in [-0.1, -0.05) is 38.1 Å². The molecule has 0 radical (unpaired) electrons. The predicted molar refractivity (Wildman–Crippen MR) is 150 cm³/mol. The maximum atomic E-state index is 12.8. The van der Waals surface area contributed by atoms with Crippen molar-refractivity contribution in [1.82, 2.24) is 9.62 Å². The Balaban J connectivity index is 2.11. The van der Waals surface area contributed by atoms with Crippen LogP contribution in [0.4, 0.5) is 13.2 Å².